The average Bonchev–Trinajstić information content (AvgIpc) is 2.26. The van der Waals surface area contributed by atoms with Crippen molar-refractivity contribution in [1.82, 2.24) is 4.98 Å². The van der Waals surface area contributed by atoms with Crippen molar-refractivity contribution < 1.29 is 0 Å². The molecule has 0 aliphatic rings. The van der Waals surface area contributed by atoms with Gasteiger partial charge in [-0.25, -0.2) is 4.98 Å². The molecule has 0 radical (unpaired) electrons. The highest BCUT2D eigenvalue weighted by atomic mass is 35.5. The van der Waals surface area contributed by atoms with Crippen molar-refractivity contribution in [3.8, 4) is 0 Å². The Morgan fingerprint density at radius 3 is 2.33 bits per heavy atom. The number of rotatable bonds is 3. The minimum Gasteiger partial charge on any atom is -0.380 e. The molecule has 0 amide bonds. The van der Waals surface area contributed by atoms with Crippen molar-refractivity contribution in [2.24, 2.45) is 0 Å². The average molecular weight is 261 g/mol. The summed E-state index contributed by atoms with van der Waals surface area (Å²) in [6.07, 6.45) is 1.78. The molecule has 2 nitrogen and oxygen atoms in total. The number of nitrogens with one attached hydrogen (secondary N) is 1. The highest BCUT2D eigenvalue weighted by Gasteiger charge is 2.01. The van der Waals surface area contributed by atoms with Crippen LogP contribution in [-0.4, -0.2) is 4.98 Å². The standard InChI is InChI=1S/C15H17ClN2/c1-10-4-11(2)6-13(5-10)8-17-14-9-18-15(16)7-12(14)3/h4-7,9,17H,8H2,1-3H3. The van der Waals surface area contributed by atoms with Gasteiger partial charge in [0.1, 0.15) is 5.15 Å². The Morgan fingerprint density at radius 2 is 1.72 bits per heavy atom. The fourth-order valence-electron chi connectivity index (χ4n) is 2.08. The fourth-order valence-corrected chi connectivity index (χ4v) is 2.29. The van der Waals surface area contributed by atoms with Crippen molar-refractivity contribution in [3.63, 3.8) is 0 Å². The van der Waals surface area contributed by atoms with Gasteiger partial charge in [0.05, 0.1) is 11.9 Å². The zero-order valence-corrected chi connectivity index (χ0v) is 11.7. The Kier molecular flexibility index (Phi) is 3.87. The Bertz CT molecular complexity index is 544. The molecule has 0 atom stereocenters. The largest absolute Gasteiger partial charge is 0.380 e. The molecule has 0 unspecified atom stereocenters. The molecular formula is C15H17ClN2. The van der Waals surface area contributed by atoms with Gasteiger partial charge in [0.25, 0.3) is 0 Å². The van der Waals surface area contributed by atoms with Crippen molar-refractivity contribution in [1.29, 1.82) is 0 Å². The summed E-state index contributed by atoms with van der Waals surface area (Å²) >= 11 is 5.84. The van der Waals surface area contributed by atoms with Crippen molar-refractivity contribution in [2.75, 3.05) is 5.32 Å². The number of nitrogens with zero attached hydrogens (tertiary/aromatic N) is 1. The van der Waals surface area contributed by atoms with Crippen LogP contribution < -0.4 is 5.32 Å². The minimum atomic E-state index is 0.532. The lowest BCUT2D eigenvalue weighted by molar-refractivity contribution is 1.11. The first-order valence-electron chi connectivity index (χ1n) is 5.98. The van der Waals surface area contributed by atoms with Gasteiger partial charge in [-0.15, -0.1) is 0 Å². The predicted octanol–water partition coefficient (Wildman–Crippen LogP) is 4.27. The lowest BCUT2D eigenvalue weighted by atomic mass is 10.1. The number of benzene rings is 1. The quantitative estimate of drug-likeness (QED) is 0.834. The van der Waals surface area contributed by atoms with Crippen LogP contribution in [0.3, 0.4) is 0 Å². The summed E-state index contributed by atoms with van der Waals surface area (Å²) in [5, 5.41) is 3.92. The number of halogens is 1. The number of anilines is 1. The summed E-state index contributed by atoms with van der Waals surface area (Å²) in [6, 6.07) is 8.43. The number of aromatic nitrogens is 1. The third-order valence-corrected chi connectivity index (χ3v) is 3.05. The second-order valence-corrected chi connectivity index (χ2v) is 5.06. The summed E-state index contributed by atoms with van der Waals surface area (Å²) < 4.78 is 0. The van der Waals surface area contributed by atoms with E-state index in [-0.39, 0.29) is 0 Å². The van der Waals surface area contributed by atoms with E-state index in [0.29, 0.717) is 5.15 Å². The van der Waals surface area contributed by atoms with Crippen LogP contribution in [0.2, 0.25) is 5.15 Å². The first-order chi connectivity index (χ1) is 8.54. The number of aryl methyl sites for hydroxylation is 3. The maximum Gasteiger partial charge on any atom is 0.129 e. The van der Waals surface area contributed by atoms with Crippen molar-refractivity contribution >= 4 is 17.3 Å². The highest BCUT2D eigenvalue weighted by molar-refractivity contribution is 6.29. The van der Waals surface area contributed by atoms with Gasteiger partial charge in [0.15, 0.2) is 0 Å². The van der Waals surface area contributed by atoms with E-state index in [1.54, 1.807) is 6.20 Å². The second kappa shape index (κ2) is 5.40. The van der Waals surface area contributed by atoms with Crippen LogP contribution in [-0.2, 0) is 6.54 Å². The van der Waals surface area contributed by atoms with E-state index in [1.165, 1.54) is 16.7 Å². The summed E-state index contributed by atoms with van der Waals surface area (Å²) in [5.41, 5.74) is 6.00. The van der Waals surface area contributed by atoms with E-state index >= 15 is 0 Å². The molecule has 1 N–H and O–H groups in total. The van der Waals surface area contributed by atoms with Crippen LogP contribution in [0, 0.1) is 20.8 Å². The second-order valence-electron chi connectivity index (χ2n) is 4.67. The topological polar surface area (TPSA) is 24.9 Å². The molecule has 2 rings (SSSR count). The van der Waals surface area contributed by atoms with Gasteiger partial charge in [0.2, 0.25) is 0 Å². The zero-order valence-electron chi connectivity index (χ0n) is 10.9. The van der Waals surface area contributed by atoms with E-state index in [0.717, 1.165) is 17.8 Å². The normalized spacial score (nSPS) is 10.4. The van der Waals surface area contributed by atoms with E-state index in [1.807, 2.05) is 13.0 Å². The van der Waals surface area contributed by atoms with Crippen molar-refractivity contribution in [2.45, 2.75) is 27.3 Å². The molecule has 0 aliphatic heterocycles. The van der Waals surface area contributed by atoms with E-state index in [9.17, 15) is 0 Å². The van der Waals surface area contributed by atoms with Gasteiger partial charge in [-0.1, -0.05) is 40.9 Å². The number of pyridine rings is 1. The predicted molar refractivity (Wildman–Crippen MR) is 77.2 cm³/mol. The van der Waals surface area contributed by atoms with Crippen LogP contribution in [0.25, 0.3) is 0 Å². The minimum absolute atomic E-state index is 0.532. The van der Waals surface area contributed by atoms with E-state index in [4.69, 9.17) is 11.6 Å². The molecule has 3 heteroatoms. The van der Waals surface area contributed by atoms with Gasteiger partial charge in [-0.2, -0.15) is 0 Å². The molecule has 1 heterocycles. The Labute approximate surface area is 113 Å². The summed E-state index contributed by atoms with van der Waals surface area (Å²) in [7, 11) is 0. The number of hydrogen-bond acceptors (Lipinski definition) is 2. The summed E-state index contributed by atoms with van der Waals surface area (Å²) in [4.78, 5) is 4.09. The van der Waals surface area contributed by atoms with Crippen molar-refractivity contribution in [3.05, 3.63) is 57.9 Å². The van der Waals surface area contributed by atoms with Gasteiger partial charge in [-0.3, -0.25) is 0 Å². The van der Waals surface area contributed by atoms with E-state index < -0.39 is 0 Å². The molecule has 0 spiro atoms. The SMILES string of the molecule is Cc1cc(C)cc(CNc2cnc(Cl)cc2C)c1. The van der Waals surface area contributed by atoms with Gasteiger partial charge < -0.3 is 5.32 Å². The molecule has 18 heavy (non-hydrogen) atoms. The molecule has 0 saturated carbocycles. The van der Waals surface area contributed by atoms with Crippen LogP contribution >= 0.6 is 11.6 Å². The van der Waals surface area contributed by atoms with Crippen LogP contribution in [0.4, 0.5) is 5.69 Å². The van der Waals surface area contributed by atoms with Crippen LogP contribution in [0.1, 0.15) is 22.3 Å². The fraction of sp³-hybridized carbons (Fsp3) is 0.267. The van der Waals surface area contributed by atoms with Crippen LogP contribution in [0.15, 0.2) is 30.5 Å². The molecule has 0 aliphatic carbocycles. The van der Waals surface area contributed by atoms with E-state index in [2.05, 4.69) is 42.3 Å². The first-order valence-corrected chi connectivity index (χ1v) is 6.35. The first kappa shape index (κ1) is 12.9. The van der Waals surface area contributed by atoms with Gasteiger partial charge >= 0.3 is 0 Å². The van der Waals surface area contributed by atoms with Crippen LogP contribution in [0.5, 0.6) is 0 Å². The maximum atomic E-state index is 5.84. The summed E-state index contributed by atoms with van der Waals surface area (Å²) in [6.45, 7) is 7.06. The molecule has 2 aromatic rings. The third kappa shape index (κ3) is 3.23. The van der Waals surface area contributed by atoms with Gasteiger partial charge in [0, 0.05) is 6.54 Å². The Hall–Kier alpha value is -1.54. The molecule has 0 bridgehead atoms. The number of hydrogen-bond donors (Lipinski definition) is 1. The lowest BCUT2D eigenvalue weighted by Crippen LogP contribution is -2.02. The molecule has 0 fully saturated rings. The smallest absolute Gasteiger partial charge is 0.129 e. The lowest BCUT2D eigenvalue weighted by Gasteiger charge is -2.10. The third-order valence-electron chi connectivity index (χ3n) is 2.84. The molecule has 1 aromatic heterocycles. The Balaban J connectivity index is 2.11. The highest BCUT2D eigenvalue weighted by Crippen LogP contribution is 2.18. The molecule has 1 aromatic carbocycles. The Morgan fingerprint density at radius 1 is 1.06 bits per heavy atom. The zero-order chi connectivity index (χ0) is 13.1. The monoisotopic (exact) mass is 260 g/mol. The summed E-state index contributed by atoms with van der Waals surface area (Å²) in [5.74, 6) is 0. The molecular weight excluding hydrogens is 244 g/mol. The molecule has 94 valence electrons. The van der Waals surface area contributed by atoms with Gasteiger partial charge in [-0.05, 0) is 38.0 Å². The molecule has 0 saturated heterocycles. The maximum absolute atomic E-state index is 5.84.